The lowest BCUT2D eigenvalue weighted by molar-refractivity contribution is 0.188. The van der Waals surface area contributed by atoms with Crippen LogP contribution in [0.25, 0.3) is 6.08 Å². The lowest BCUT2D eigenvalue weighted by Crippen LogP contribution is -2.26. The molecule has 24 heavy (non-hydrogen) atoms. The predicted octanol–water partition coefficient (Wildman–Crippen LogP) is 4.46. The molecule has 1 unspecified atom stereocenters. The Hall–Kier alpha value is -2.07. The van der Waals surface area contributed by atoms with Crippen molar-refractivity contribution in [2.24, 2.45) is 0 Å². The summed E-state index contributed by atoms with van der Waals surface area (Å²) in [6, 6.07) is 18.4. The van der Waals surface area contributed by atoms with Crippen LogP contribution in [0, 0.1) is 0 Å². The quantitative estimate of drug-likeness (QED) is 0.827. The summed E-state index contributed by atoms with van der Waals surface area (Å²) in [6.45, 7) is 0.569. The SMILES string of the molecule is O=S(=O)(c1ccccc1)C1CCCCCO/C1=C/c1ccccc1. The van der Waals surface area contributed by atoms with Crippen LogP contribution in [0.2, 0.25) is 0 Å². The molecule has 126 valence electrons. The summed E-state index contributed by atoms with van der Waals surface area (Å²) < 4.78 is 32.2. The van der Waals surface area contributed by atoms with Gasteiger partial charge >= 0.3 is 0 Å². The molecule has 1 aliphatic heterocycles. The van der Waals surface area contributed by atoms with Crippen molar-refractivity contribution in [3.63, 3.8) is 0 Å². The molecule has 3 rings (SSSR count). The van der Waals surface area contributed by atoms with Crippen molar-refractivity contribution in [2.45, 2.75) is 35.8 Å². The van der Waals surface area contributed by atoms with Crippen LogP contribution in [0.15, 0.2) is 71.3 Å². The van der Waals surface area contributed by atoms with E-state index in [2.05, 4.69) is 0 Å². The first-order chi connectivity index (χ1) is 11.7. The average molecular weight is 342 g/mol. The summed E-state index contributed by atoms with van der Waals surface area (Å²) in [7, 11) is -3.46. The molecule has 4 heteroatoms. The Morgan fingerprint density at radius 1 is 0.875 bits per heavy atom. The summed E-state index contributed by atoms with van der Waals surface area (Å²) in [5.41, 5.74) is 0.960. The van der Waals surface area contributed by atoms with E-state index in [1.54, 1.807) is 24.3 Å². The zero-order valence-corrected chi connectivity index (χ0v) is 14.4. The molecular weight excluding hydrogens is 320 g/mol. The minimum atomic E-state index is -3.46. The average Bonchev–Trinajstić information content (AvgIpc) is 2.59. The molecule has 0 saturated carbocycles. The summed E-state index contributed by atoms with van der Waals surface area (Å²) >= 11 is 0. The number of rotatable bonds is 3. The normalized spacial score (nSPS) is 20.8. The van der Waals surface area contributed by atoms with Gasteiger partial charge in [-0.3, -0.25) is 0 Å². The van der Waals surface area contributed by atoms with Gasteiger partial charge in [0.15, 0.2) is 9.84 Å². The highest BCUT2D eigenvalue weighted by Gasteiger charge is 2.32. The fourth-order valence-electron chi connectivity index (χ4n) is 2.96. The lowest BCUT2D eigenvalue weighted by atomic mass is 10.1. The zero-order chi connectivity index (χ0) is 16.8. The molecule has 0 bridgehead atoms. The van der Waals surface area contributed by atoms with E-state index in [4.69, 9.17) is 4.74 Å². The van der Waals surface area contributed by atoms with Crippen molar-refractivity contribution in [1.82, 2.24) is 0 Å². The number of hydrogen-bond acceptors (Lipinski definition) is 3. The Morgan fingerprint density at radius 2 is 1.54 bits per heavy atom. The van der Waals surface area contributed by atoms with Crippen molar-refractivity contribution in [3.8, 4) is 0 Å². The van der Waals surface area contributed by atoms with Crippen LogP contribution >= 0.6 is 0 Å². The van der Waals surface area contributed by atoms with E-state index in [1.165, 1.54) is 0 Å². The molecule has 1 fully saturated rings. The van der Waals surface area contributed by atoms with Gasteiger partial charge in [-0.2, -0.15) is 0 Å². The Morgan fingerprint density at radius 3 is 2.25 bits per heavy atom. The number of sulfone groups is 1. The van der Waals surface area contributed by atoms with Crippen LogP contribution < -0.4 is 0 Å². The van der Waals surface area contributed by atoms with Gasteiger partial charge in [-0.1, -0.05) is 61.4 Å². The van der Waals surface area contributed by atoms with Crippen molar-refractivity contribution >= 4 is 15.9 Å². The predicted molar refractivity (Wildman–Crippen MR) is 96.3 cm³/mol. The van der Waals surface area contributed by atoms with E-state index in [0.717, 1.165) is 24.8 Å². The fraction of sp³-hybridized carbons (Fsp3) is 0.300. The monoisotopic (exact) mass is 342 g/mol. The van der Waals surface area contributed by atoms with E-state index in [9.17, 15) is 8.42 Å². The van der Waals surface area contributed by atoms with E-state index >= 15 is 0 Å². The van der Waals surface area contributed by atoms with Crippen LogP contribution in [-0.2, 0) is 14.6 Å². The van der Waals surface area contributed by atoms with Gasteiger partial charge in [0.2, 0.25) is 0 Å². The van der Waals surface area contributed by atoms with E-state index in [0.29, 0.717) is 23.7 Å². The van der Waals surface area contributed by atoms with Gasteiger partial charge in [0, 0.05) is 0 Å². The number of benzene rings is 2. The Balaban J connectivity index is 2.01. The van der Waals surface area contributed by atoms with Crippen molar-refractivity contribution in [2.75, 3.05) is 6.61 Å². The second-order valence-corrected chi connectivity index (χ2v) is 8.13. The number of ether oxygens (including phenoxy) is 1. The molecular formula is C20H22O3S. The maximum atomic E-state index is 13.1. The molecule has 0 aliphatic carbocycles. The molecule has 3 nitrogen and oxygen atoms in total. The van der Waals surface area contributed by atoms with Crippen LogP contribution in [0.5, 0.6) is 0 Å². The summed E-state index contributed by atoms with van der Waals surface area (Å²) in [6.07, 6.45) is 5.32. The summed E-state index contributed by atoms with van der Waals surface area (Å²) in [4.78, 5) is 0.359. The van der Waals surface area contributed by atoms with Crippen molar-refractivity contribution in [3.05, 3.63) is 72.0 Å². The first kappa shape index (κ1) is 16.8. The zero-order valence-electron chi connectivity index (χ0n) is 13.6. The first-order valence-corrected chi connectivity index (χ1v) is 9.91. The van der Waals surface area contributed by atoms with Crippen molar-refractivity contribution in [1.29, 1.82) is 0 Å². The highest BCUT2D eigenvalue weighted by atomic mass is 32.2. The van der Waals surface area contributed by atoms with E-state index < -0.39 is 15.1 Å². The molecule has 0 N–H and O–H groups in total. The van der Waals surface area contributed by atoms with Crippen LogP contribution in [0.1, 0.15) is 31.2 Å². The standard InChI is InChI=1S/C20H22O3S/c21-24(22,18-12-6-2-7-13-18)20-14-8-3-9-15-23-19(20)16-17-10-4-1-5-11-17/h1-2,4-7,10-13,16,20H,3,8-9,14-15H2/b19-16+. The molecule has 0 radical (unpaired) electrons. The first-order valence-electron chi connectivity index (χ1n) is 8.36. The second-order valence-electron chi connectivity index (χ2n) is 6.00. The summed E-state index contributed by atoms with van der Waals surface area (Å²) in [5, 5.41) is -0.625. The molecule has 0 aromatic heterocycles. The number of hydrogen-bond donors (Lipinski definition) is 0. The van der Waals surface area contributed by atoms with Gasteiger partial charge in [0.05, 0.1) is 11.5 Å². The maximum absolute atomic E-state index is 13.1. The topological polar surface area (TPSA) is 43.4 Å². The van der Waals surface area contributed by atoms with Gasteiger partial charge in [-0.15, -0.1) is 0 Å². The molecule has 1 heterocycles. The molecule has 2 aromatic carbocycles. The highest BCUT2D eigenvalue weighted by Crippen LogP contribution is 2.29. The molecule has 2 aromatic rings. The van der Waals surface area contributed by atoms with Crippen molar-refractivity contribution < 1.29 is 13.2 Å². The maximum Gasteiger partial charge on any atom is 0.188 e. The minimum absolute atomic E-state index is 0.359. The fourth-order valence-corrected chi connectivity index (χ4v) is 4.75. The molecule has 0 spiro atoms. The highest BCUT2D eigenvalue weighted by molar-refractivity contribution is 7.92. The molecule has 1 atom stereocenters. The van der Waals surface area contributed by atoms with E-state index in [1.807, 2.05) is 42.5 Å². The van der Waals surface area contributed by atoms with Gasteiger partial charge in [-0.05, 0) is 36.6 Å². The third kappa shape index (κ3) is 3.88. The van der Waals surface area contributed by atoms with Gasteiger partial charge in [-0.25, -0.2) is 8.42 Å². The lowest BCUT2D eigenvalue weighted by Gasteiger charge is -2.24. The van der Waals surface area contributed by atoms with Gasteiger partial charge in [0.1, 0.15) is 11.0 Å². The Kier molecular flexibility index (Phi) is 5.36. The van der Waals surface area contributed by atoms with Gasteiger partial charge in [0.25, 0.3) is 0 Å². The molecule has 1 saturated heterocycles. The largest absolute Gasteiger partial charge is 0.497 e. The summed E-state index contributed by atoms with van der Waals surface area (Å²) in [5.74, 6) is 0.560. The van der Waals surface area contributed by atoms with Crippen LogP contribution in [0.4, 0.5) is 0 Å². The molecule has 1 aliphatic rings. The van der Waals surface area contributed by atoms with Crippen LogP contribution in [-0.4, -0.2) is 20.3 Å². The molecule has 0 amide bonds. The third-order valence-corrected chi connectivity index (χ3v) is 6.40. The Bertz CT molecular complexity index is 780. The smallest absolute Gasteiger partial charge is 0.188 e. The Labute approximate surface area is 143 Å². The van der Waals surface area contributed by atoms with Gasteiger partial charge < -0.3 is 4.74 Å². The van der Waals surface area contributed by atoms with Crippen LogP contribution in [0.3, 0.4) is 0 Å². The van der Waals surface area contributed by atoms with E-state index in [-0.39, 0.29) is 0 Å². The second kappa shape index (κ2) is 7.67. The third-order valence-electron chi connectivity index (χ3n) is 4.25. The minimum Gasteiger partial charge on any atom is -0.497 e.